The van der Waals surface area contributed by atoms with E-state index in [2.05, 4.69) is 15.6 Å². The number of carbonyl (C=O) groups is 2. The number of aromatic nitrogens is 1. The number of nitrogens with zero attached hydrogens (tertiary/aromatic N) is 1. The Bertz CT molecular complexity index is 1230. The molecule has 166 valence electrons. The summed E-state index contributed by atoms with van der Waals surface area (Å²) in [5, 5.41) is 8.88. The van der Waals surface area contributed by atoms with Gasteiger partial charge in [-0.3, -0.25) is 9.59 Å². The normalized spacial score (nSPS) is 10.6. The van der Waals surface area contributed by atoms with E-state index in [4.69, 9.17) is 11.6 Å². The van der Waals surface area contributed by atoms with Crippen LogP contribution in [0, 0.1) is 0 Å². The van der Waals surface area contributed by atoms with Crippen molar-refractivity contribution in [3.05, 3.63) is 94.8 Å². The summed E-state index contributed by atoms with van der Waals surface area (Å²) in [6, 6.07) is 24.5. The minimum Gasteiger partial charge on any atom is -0.326 e. The van der Waals surface area contributed by atoms with Crippen molar-refractivity contribution in [1.29, 1.82) is 0 Å². The van der Waals surface area contributed by atoms with Crippen LogP contribution in [-0.2, 0) is 16.0 Å². The average molecular weight is 494 g/mol. The van der Waals surface area contributed by atoms with Crippen LogP contribution in [0.4, 0.5) is 10.8 Å². The predicted molar refractivity (Wildman–Crippen MR) is 137 cm³/mol. The van der Waals surface area contributed by atoms with Gasteiger partial charge in [-0.2, -0.15) is 0 Å². The molecule has 33 heavy (non-hydrogen) atoms. The number of hydrogen-bond donors (Lipinski definition) is 2. The molecule has 3 aromatic carbocycles. The summed E-state index contributed by atoms with van der Waals surface area (Å²) >= 11 is 8.70. The Labute approximate surface area is 205 Å². The highest BCUT2D eigenvalue weighted by Gasteiger charge is 2.09. The Hall–Kier alpha value is -3.13. The molecule has 2 amide bonds. The Kier molecular flexibility index (Phi) is 7.78. The van der Waals surface area contributed by atoms with E-state index in [1.807, 2.05) is 72.1 Å². The van der Waals surface area contributed by atoms with Crippen molar-refractivity contribution in [1.82, 2.24) is 4.98 Å². The lowest BCUT2D eigenvalue weighted by Crippen LogP contribution is -2.14. The molecule has 0 fully saturated rings. The lowest BCUT2D eigenvalue weighted by atomic mass is 10.1. The first-order valence-electron chi connectivity index (χ1n) is 10.1. The second kappa shape index (κ2) is 11.1. The zero-order chi connectivity index (χ0) is 23.0. The molecule has 2 N–H and O–H groups in total. The van der Waals surface area contributed by atoms with Crippen LogP contribution in [0.25, 0.3) is 11.3 Å². The van der Waals surface area contributed by atoms with Crippen molar-refractivity contribution >= 4 is 57.3 Å². The van der Waals surface area contributed by atoms with Gasteiger partial charge in [0, 0.05) is 26.5 Å². The van der Waals surface area contributed by atoms with Gasteiger partial charge in [0.2, 0.25) is 11.8 Å². The maximum Gasteiger partial charge on any atom is 0.236 e. The Morgan fingerprint density at radius 1 is 0.879 bits per heavy atom. The van der Waals surface area contributed by atoms with Gasteiger partial charge in [0.25, 0.3) is 0 Å². The molecule has 0 aliphatic heterocycles. The van der Waals surface area contributed by atoms with Crippen LogP contribution >= 0.6 is 34.7 Å². The summed E-state index contributed by atoms with van der Waals surface area (Å²) in [5.41, 5.74) is 3.46. The largest absolute Gasteiger partial charge is 0.326 e. The van der Waals surface area contributed by atoms with Crippen LogP contribution in [0.5, 0.6) is 0 Å². The average Bonchev–Trinajstić information content (AvgIpc) is 3.29. The van der Waals surface area contributed by atoms with Crippen LogP contribution < -0.4 is 10.6 Å². The summed E-state index contributed by atoms with van der Waals surface area (Å²) in [5.74, 6) is 0.0485. The van der Waals surface area contributed by atoms with E-state index in [1.54, 1.807) is 12.1 Å². The monoisotopic (exact) mass is 493 g/mol. The van der Waals surface area contributed by atoms with Gasteiger partial charge in [-0.05, 0) is 42.0 Å². The molecule has 0 aliphatic rings. The predicted octanol–water partition coefficient (Wildman–Crippen LogP) is 6.38. The third kappa shape index (κ3) is 6.92. The number of anilines is 2. The van der Waals surface area contributed by atoms with Gasteiger partial charge in [0.05, 0.1) is 17.9 Å². The SMILES string of the molecule is O=C(Cc1ccc(Cl)cc1)Nc1ccc(SCC(=O)Nc2nc(-c3ccccc3)cs2)cc1. The second-order valence-corrected chi connectivity index (χ2v) is 9.46. The number of thiazole rings is 1. The molecule has 8 heteroatoms. The molecular weight excluding hydrogens is 474 g/mol. The van der Waals surface area contributed by atoms with E-state index in [-0.39, 0.29) is 24.0 Å². The number of benzene rings is 3. The molecule has 0 aliphatic carbocycles. The minimum absolute atomic E-state index is 0.101. The molecular formula is C25H20ClN3O2S2. The summed E-state index contributed by atoms with van der Waals surface area (Å²) < 4.78 is 0. The molecule has 0 unspecified atom stereocenters. The van der Waals surface area contributed by atoms with Gasteiger partial charge in [0.1, 0.15) is 0 Å². The topological polar surface area (TPSA) is 71.1 Å². The van der Waals surface area contributed by atoms with E-state index in [9.17, 15) is 9.59 Å². The highest BCUT2D eigenvalue weighted by atomic mass is 35.5. The number of thioether (sulfide) groups is 1. The molecule has 0 bridgehead atoms. The molecule has 0 radical (unpaired) electrons. The fraction of sp³-hybridized carbons (Fsp3) is 0.0800. The van der Waals surface area contributed by atoms with Crippen molar-refractivity contribution in [3.63, 3.8) is 0 Å². The number of carbonyl (C=O) groups excluding carboxylic acids is 2. The summed E-state index contributed by atoms with van der Waals surface area (Å²) in [6.45, 7) is 0. The maximum absolute atomic E-state index is 12.3. The van der Waals surface area contributed by atoms with Gasteiger partial charge in [-0.15, -0.1) is 23.1 Å². The molecule has 1 aromatic heterocycles. The molecule has 1 heterocycles. The Morgan fingerprint density at radius 3 is 2.33 bits per heavy atom. The lowest BCUT2D eigenvalue weighted by Gasteiger charge is -2.07. The van der Waals surface area contributed by atoms with E-state index in [0.717, 1.165) is 21.7 Å². The number of amides is 2. The van der Waals surface area contributed by atoms with Gasteiger partial charge in [-0.25, -0.2) is 4.98 Å². The fourth-order valence-electron chi connectivity index (χ4n) is 3.00. The van der Waals surface area contributed by atoms with Crippen LogP contribution in [0.15, 0.2) is 89.1 Å². The van der Waals surface area contributed by atoms with Crippen molar-refractivity contribution < 1.29 is 9.59 Å². The molecule has 0 saturated carbocycles. The van der Waals surface area contributed by atoms with Crippen molar-refractivity contribution in [3.8, 4) is 11.3 Å². The summed E-state index contributed by atoms with van der Waals surface area (Å²) in [6.07, 6.45) is 0.274. The van der Waals surface area contributed by atoms with Gasteiger partial charge >= 0.3 is 0 Å². The van der Waals surface area contributed by atoms with Gasteiger partial charge < -0.3 is 10.6 Å². The van der Waals surface area contributed by atoms with E-state index in [0.29, 0.717) is 15.8 Å². The molecule has 0 spiro atoms. The summed E-state index contributed by atoms with van der Waals surface area (Å²) in [4.78, 5) is 29.9. The number of hydrogen-bond acceptors (Lipinski definition) is 5. The molecule has 4 rings (SSSR count). The van der Waals surface area contributed by atoms with Crippen LogP contribution in [0.3, 0.4) is 0 Å². The second-order valence-electron chi connectivity index (χ2n) is 7.12. The zero-order valence-electron chi connectivity index (χ0n) is 17.5. The van der Waals surface area contributed by atoms with Gasteiger partial charge in [0.15, 0.2) is 5.13 Å². The minimum atomic E-state index is -0.116. The highest BCUT2D eigenvalue weighted by Crippen LogP contribution is 2.25. The molecule has 0 saturated heterocycles. The van der Waals surface area contributed by atoms with Gasteiger partial charge in [-0.1, -0.05) is 54.1 Å². The number of halogens is 1. The van der Waals surface area contributed by atoms with Crippen LogP contribution in [0.2, 0.25) is 5.02 Å². The number of nitrogens with one attached hydrogen (secondary N) is 2. The fourth-order valence-corrected chi connectivity index (χ4v) is 4.56. The Morgan fingerprint density at radius 2 is 1.61 bits per heavy atom. The first-order chi connectivity index (χ1) is 16.0. The Balaban J connectivity index is 1.23. The van der Waals surface area contributed by atoms with Crippen molar-refractivity contribution in [2.24, 2.45) is 0 Å². The van der Waals surface area contributed by atoms with E-state index < -0.39 is 0 Å². The van der Waals surface area contributed by atoms with E-state index >= 15 is 0 Å². The third-order valence-corrected chi connectivity index (χ3v) is 6.63. The van der Waals surface area contributed by atoms with Crippen molar-refractivity contribution in [2.45, 2.75) is 11.3 Å². The third-order valence-electron chi connectivity index (χ3n) is 4.61. The first kappa shape index (κ1) is 23.0. The number of rotatable bonds is 8. The van der Waals surface area contributed by atoms with Crippen LogP contribution in [0.1, 0.15) is 5.56 Å². The van der Waals surface area contributed by atoms with E-state index in [1.165, 1.54) is 23.1 Å². The first-order valence-corrected chi connectivity index (χ1v) is 12.4. The lowest BCUT2D eigenvalue weighted by molar-refractivity contribution is -0.115. The summed E-state index contributed by atoms with van der Waals surface area (Å²) in [7, 11) is 0. The standard InChI is InChI=1S/C25H20ClN3O2S2/c26-19-8-6-17(7-9-19)14-23(30)27-20-10-12-21(13-11-20)32-16-24(31)29-25-28-22(15-33-25)18-4-2-1-3-5-18/h1-13,15H,14,16H2,(H,27,30)(H,28,29,31). The molecule has 5 nitrogen and oxygen atoms in total. The highest BCUT2D eigenvalue weighted by molar-refractivity contribution is 8.00. The quantitative estimate of drug-likeness (QED) is 0.279. The smallest absolute Gasteiger partial charge is 0.236 e. The van der Waals surface area contributed by atoms with Crippen molar-refractivity contribution in [2.75, 3.05) is 16.4 Å². The maximum atomic E-state index is 12.3. The zero-order valence-corrected chi connectivity index (χ0v) is 19.8. The molecule has 0 atom stereocenters. The van der Waals surface area contributed by atoms with Crippen LogP contribution in [-0.4, -0.2) is 22.6 Å². The molecule has 4 aromatic rings.